The first-order valence-electron chi connectivity index (χ1n) is 6.95. The first kappa shape index (κ1) is 16.4. The van der Waals surface area contributed by atoms with Gasteiger partial charge in [-0.15, -0.1) is 11.3 Å². The topological polar surface area (TPSA) is 65.5 Å². The largest absolute Gasteiger partial charge is 0.495 e. The summed E-state index contributed by atoms with van der Waals surface area (Å²) in [4.78, 5) is 28.3. The summed E-state index contributed by atoms with van der Waals surface area (Å²) >= 11 is 7.42. The molecule has 0 spiro atoms. The summed E-state index contributed by atoms with van der Waals surface area (Å²) in [5.41, 5.74) is 3.26. The highest BCUT2D eigenvalue weighted by atomic mass is 35.5. The Bertz CT molecular complexity index is 922. The molecule has 0 amide bonds. The molecule has 0 unspecified atom stereocenters. The van der Waals surface area contributed by atoms with Gasteiger partial charge in [-0.05, 0) is 36.4 Å². The Kier molecular flexibility index (Phi) is 4.78. The number of hydrogen-bond acceptors (Lipinski definition) is 6. The maximum absolute atomic E-state index is 12.1. The number of halogens is 1. The number of benzene rings is 2. The van der Waals surface area contributed by atoms with Crippen molar-refractivity contribution in [2.75, 3.05) is 13.7 Å². The lowest BCUT2D eigenvalue weighted by molar-refractivity contribution is 0.0475. The number of Topliss-reactive ketones (excluding diaryl/α,β-unsaturated/α-hetero) is 1. The predicted molar refractivity (Wildman–Crippen MR) is 92.2 cm³/mol. The molecule has 2 aromatic carbocycles. The molecule has 5 nitrogen and oxygen atoms in total. The van der Waals surface area contributed by atoms with E-state index in [1.54, 1.807) is 35.8 Å². The lowest BCUT2D eigenvalue weighted by Crippen LogP contribution is -2.14. The fourth-order valence-corrected chi connectivity index (χ4v) is 3.09. The van der Waals surface area contributed by atoms with Gasteiger partial charge in [0, 0.05) is 5.56 Å². The molecule has 122 valence electrons. The van der Waals surface area contributed by atoms with E-state index in [0.29, 0.717) is 21.9 Å². The van der Waals surface area contributed by atoms with Gasteiger partial charge in [0.2, 0.25) is 0 Å². The van der Waals surface area contributed by atoms with Crippen LogP contribution in [0.4, 0.5) is 0 Å². The standard InChI is InChI=1S/C17H12ClNO4S/c1-22-15-5-3-10(6-12(15)18)14(20)8-23-17(21)11-2-4-13-16(7-11)24-9-19-13/h2-7,9H,8H2,1H3. The number of rotatable bonds is 5. The van der Waals surface area contributed by atoms with Crippen LogP contribution < -0.4 is 4.74 Å². The Hall–Kier alpha value is -2.44. The second-order valence-electron chi connectivity index (χ2n) is 4.88. The Labute approximate surface area is 146 Å². The predicted octanol–water partition coefficient (Wildman–Crippen LogP) is 4.00. The smallest absolute Gasteiger partial charge is 0.338 e. The SMILES string of the molecule is COc1ccc(C(=O)COC(=O)c2ccc3ncsc3c2)cc1Cl. The van der Waals surface area contributed by atoms with Gasteiger partial charge in [-0.3, -0.25) is 4.79 Å². The van der Waals surface area contributed by atoms with Crippen molar-refractivity contribution in [3.8, 4) is 5.75 Å². The summed E-state index contributed by atoms with van der Waals surface area (Å²) in [6.45, 7) is -0.359. The van der Waals surface area contributed by atoms with E-state index >= 15 is 0 Å². The van der Waals surface area contributed by atoms with E-state index < -0.39 is 5.97 Å². The monoisotopic (exact) mass is 361 g/mol. The van der Waals surface area contributed by atoms with E-state index in [0.717, 1.165) is 10.2 Å². The van der Waals surface area contributed by atoms with Gasteiger partial charge < -0.3 is 9.47 Å². The third-order valence-corrected chi connectivity index (χ3v) is 4.46. The molecule has 3 aromatic rings. The minimum Gasteiger partial charge on any atom is -0.495 e. The van der Waals surface area contributed by atoms with Crippen LogP contribution in [0.2, 0.25) is 5.02 Å². The molecule has 0 aliphatic heterocycles. The van der Waals surface area contributed by atoms with Crippen LogP contribution in [0.5, 0.6) is 5.75 Å². The number of esters is 1. The number of ketones is 1. The van der Waals surface area contributed by atoms with Gasteiger partial charge in [0.25, 0.3) is 0 Å². The number of fused-ring (bicyclic) bond motifs is 1. The van der Waals surface area contributed by atoms with Crippen molar-refractivity contribution in [1.82, 2.24) is 4.98 Å². The summed E-state index contributed by atoms with van der Waals surface area (Å²) in [6.07, 6.45) is 0. The van der Waals surface area contributed by atoms with E-state index in [2.05, 4.69) is 4.98 Å². The zero-order chi connectivity index (χ0) is 17.1. The lowest BCUT2D eigenvalue weighted by atomic mass is 10.1. The molecule has 0 N–H and O–H groups in total. The van der Waals surface area contributed by atoms with Crippen LogP contribution in [0.3, 0.4) is 0 Å². The maximum Gasteiger partial charge on any atom is 0.338 e. The molecule has 0 aliphatic carbocycles. The fraction of sp³-hybridized carbons (Fsp3) is 0.118. The molecule has 0 fully saturated rings. The Morgan fingerprint density at radius 1 is 1.17 bits per heavy atom. The Balaban J connectivity index is 1.67. The summed E-state index contributed by atoms with van der Waals surface area (Å²) in [7, 11) is 1.49. The van der Waals surface area contributed by atoms with Gasteiger partial charge in [-0.25, -0.2) is 9.78 Å². The van der Waals surface area contributed by atoms with Crippen LogP contribution in [-0.2, 0) is 4.74 Å². The highest BCUT2D eigenvalue weighted by Crippen LogP contribution is 2.25. The maximum atomic E-state index is 12.1. The zero-order valence-electron chi connectivity index (χ0n) is 12.6. The lowest BCUT2D eigenvalue weighted by Gasteiger charge is -2.07. The van der Waals surface area contributed by atoms with E-state index in [9.17, 15) is 9.59 Å². The summed E-state index contributed by atoms with van der Waals surface area (Å²) < 4.78 is 11.0. The number of carbonyl (C=O) groups is 2. The molecule has 0 saturated heterocycles. The van der Waals surface area contributed by atoms with Gasteiger partial charge in [-0.2, -0.15) is 0 Å². The number of hydrogen-bond donors (Lipinski definition) is 0. The normalized spacial score (nSPS) is 10.6. The molecule has 1 aromatic heterocycles. The summed E-state index contributed by atoms with van der Waals surface area (Å²) in [5.74, 6) is -0.423. The zero-order valence-corrected chi connectivity index (χ0v) is 14.2. The van der Waals surface area contributed by atoms with Crippen molar-refractivity contribution in [1.29, 1.82) is 0 Å². The van der Waals surface area contributed by atoms with E-state index in [1.807, 2.05) is 0 Å². The molecule has 0 atom stereocenters. The highest BCUT2D eigenvalue weighted by molar-refractivity contribution is 7.16. The molecule has 0 aliphatic rings. The molecule has 24 heavy (non-hydrogen) atoms. The van der Waals surface area contributed by atoms with Crippen LogP contribution in [-0.4, -0.2) is 30.5 Å². The first-order valence-corrected chi connectivity index (χ1v) is 8.21. The van der Waals surface area contributed by atoms with Gasteiger partial charge in [-0.1, -0.05) is 11.6 Å². The minimum atomic E-state index is -0.557. The van der Waals surface area contributed by atoms with Crippen LogP contribution in [0, 0.1) is 0 Å². The van der Waals surface area contributed by atoms with Crippen molar-refractivity contribution < 1.29 is 19.1 Å². The van der Waals surface area contributed by atoms with Crippen molar-refractivity contribution in [2.45, 2.75) is 0 Å². The quantitative estimate of drug-likeness (QED) is 0.507. The van der Waals surface area contributed by atoms with Gasteiger partial charge in [0.15, 0.2) is 12.4 Å². The van der Waals surface area contributed by atoms with Crippen LogP contribution in [0.1, 0.15) is 20.7 Å². The van der Waals surface area contributed by atoms with Crippen LogP contribution in [0.25, 0.3) is 10.2 Å². The van der Waals surface area contributed by atoms with Crippen molar-refractivity contribution in [3.63, 3.8) is 0 Å². The summed E-state index contributed by atoms with van der Waals surface area (Å²) in [6, 6.07) is 9.72. The molecule has 0 radical (unpaired) electrons. The first-order chi connectivity index (χ1) is 11.6. The number of carbonyl (C=O) groups excluding carboxylic acids is 2. The number of nitrogens with zero attached hydrogens (tertiary/aromatic N) is 1. The van der Waals surface area contributed by atoms with E-state index in [1.165, 1.54) is 24.5 Å². The Morgan fingerprint density at radius 2 is 1.96 bits per heavy atom. The second-order valence-corrected chi connectivity index (χ2v) is 6.18. The van der Waals surface area contributed by atoms with Gasteiger partial charge in [0.1, 0.15) is 5.75 Å². The van der Waals surface area contributed by atoms with Gasteiger partial charge in [0.05, 0.1) is 33.4 Å². The second kappa shape index (κ2) is 6.98. The molecular formula is C17H12ClNO4S. The molecule has 1 heterocycles. The number of methoxy groups -OCH3 is 1. The molecule has 3 rings (SSSR count). The summed E-state index contributed by atoms with van der Waals surface area (Å²) in [5, 5.41) is 0.324. The fourth-order valence-electron chi connectivity index (χ4n) is 2.12. The van der Waals surface area contributed by atoms with Crippen molar-refractivity contribution >= 4 is 44.9 Å². The number of ether oxygens (including phenoxy) is 2. The van der Waals surface area contributed by atoms with Crippen LogP contribution >= 0.6 is 22.9 Å². The van der Waals surface area contributed by atoms with Crippen molar-refractivity contribution in [2.24, 2.45) is 0 Å². The average molecular weight is 362 g/mol. The molecular weight excluding hydrogens is 350 g/mol. The van der Waals surface area contributed by atoms with E-state index in [-0.39, 0.29) is 12.4 Å². The molecule has 0 saturated carbocycles. The highest BCUT2D eigenvalue weighted by Gasteiger charge is 2.14. The molecule has 0 bridgehead atoms. The van der Waals surface area contributed by atoms with Crippen molar-refractivity contribution in [3.05, 3.63) is 58.1 Å². The average Bonchev–Trinajstić information content (AvgIpc) is 3.06. The third kappa shape index (κ3) is 3.39. The minimum absolute atomic E-state index is 0.324. The van der Waals surface area contributed by atoms with E-state index in [4.69, 9.17) is 21.1 Å². The van der Waals surface area contributed by atoms with Crippen LogP contribution in [0.15, 0.2) is 41.9 Å². The number of aromatic nitrogens is 1. The number of thiazole rings is 1. The Morgan fingerprint density at radius 3 is 2.71 bits per heavy atom. The molecule has 7 heteroatoms. The van der Waals surface area contributed by atoms with Gasteiger partial charge >= 0.3 is 5.97 Å². The third-order valence-electron chi connectivity index (χ3n) is 3.38.